The lowest BCUT2D eigenvalue weighted by atomic mass is 10.1. The third-order valence-corrected chi connectivity index (χ3v) is 2.75. The summed E-state index contributed by atoms with van der Waals surface area (Å²) >= 11 is 0. The van der Waals surface area contributed by atoms with Crippen LogP contribution in [-0.2, 0) is 0 Å². The van der Waals surface area contributed by atoms with Crippen molar-refractivity contribution in [2.24, 2.45) is 5.10 Å². The molecule has 0 radical (unpaired) electrons. The van der Waals surface area contributed by atoms with Gasteiger partial charge in [-0.15, -0.1) is 0 Å². The summed E-state index contributed by atoms with van der Waals surface area (Å²) in [6, 6.07) is 8.17. The number of rotatable bonds is 2. The molecule has 20 heavy (non-hydrogen) atoms. The fourth-order valence-electron chi connectivity index (χ4n) is 1.69. The van der Waals surface area contributed by atoms with Crippen LogP contribution in [0, 0.1) is 22.7 Å². The van der Waals surface area contributed by atoms with E-state index in [1.807, 2.05) is 0 Å². The van der Waals surface area contributed by atoms with Crippen molar-refractivity contribution in [1.82, 2.24) is 4.90 Å². The zero-order chi connectivity index (χ0) is 14.5. The molecule has 1 aliphatic rings. The Bertz CT molecular complexity index is 638. The lowest BCUT2D eigenvalue weighted by molar-refractivity contribution is 0.0797. The van der Waals surface area contributed by atoms with Gasteiger partial charge in [-0.2, -0.15) is 15.6 Å². The van der Waals surface area contributed by atoms with E-state index in [0.29, 0.717) is 30.2 Å². The SMILES string of the molecule is CN1CCOc2ccc(NN=C(C#N)C#N)cc2C1=O. The molecule has 0 aliphatic carbocycles. The fourth-order valence-corrected chi connectivity index (χ4v) is 1.69. The summed E-state index contributed by atoms with van der Waals surface area (Å²) in [5, 5.41) is 20.8. The van der Waals surface area contributed by atoms with Crippen LogP contribution in [0.5, 0.6) is 5.75 Å². The van der Waals surface area contributed by atoms with Gasteiger partial charge in [-0.3, -0.25) is 10.2 Å². The molecule has 1 aliphatic heterocycles. The number of fused-ring (bicyclic) bond motifs is 1. The van der Waals surface area contributed by atoms with Gasteiger partial charge in [0.05, 0.1) is 17.8 Å². The Morgan fingerprint density at radius 1 is 1.45 bits per heavy atom. The summed E-state index contributed by atoms with van der Waals surface area (Å²) < 4.78 is 5.48. The summed E-state index contributed by atoms with van der Waals surface area (Å²) in [4.78, 5) is 13.7. The number of hydrogen-bond donors (Lipinski definition) is 1. The van der Waals surface area contributed by atoms with E-state index in [0.717, 1.165) is 0 Å². The van der Waals surface area contributed by atoms with Gasteiger partial charge in [-0.25, -0.2) is 0 Å². The molecule has 1 heterocycles. The zero-order valence-corrected chi connectivity index (χ0v) is 10.8. The van der Waals surface area contributed by atoms with Crippen LogP contribution >= 0.6 is 0 Å². The van der Waals surface area contributed by atoms with Crippen molar-refractivity contribution in [3.63, 3.8) is 0 Å². The lowest BCUT2D eigenvalue weighted by Crippen LogP contribution is -2.27. The van der Waals surface area contributed by atoms with Gasteiger partial charge in [0, 0.05) is 7.05 Å². The molecule has 7 heteroatoms. The van der Waals surface area contributed by atoms with Crippen molar-refractivity contribution < 1.29 is 9.53 Å². The molecule has 0 unspecified atom stereocenters. The highest BCUT2D eigenvalue weighted by atomic mass is 16.5. The second-order valence-corrected chi connectivity index (χ2v) is 4.08. The minimum absolute atomic E-state index is 0.147. The maximum atomic E-state index is 12.1. The van der Waals surface area contributed by atoms with Crippen molar-refractivity contribution in [1.29, 1.82) is 10.5 Å². The largest absolute Gasteiger partial charge is 0.491 e. The van der Waals surface area contributed by atoms with Gasteiger partial charge >= 0.3 is 0 Å². The first kappa shape index (κ1) is 13.4. The predicted octanol–water partition coefficient (Wildman–Crippen LogP) is 0.966. The number of nitrogens with one attached hydrogen (secondary N) is 1. The topological polar surface area (TPSA) is 102 Å². The van der Waals surface area contributed by atoms with Gasteiger partial charge in [-0.1, -0.05) is 0 Å². The van der Waals surface area contributed by atoms with Crippen LogP contribution in [0.4, 0.5) is 5.69 Å². The number of hydrogen-bond acceptors (Lipinski definition) is 6. The van der Waals surface area contributed by atoms with Crippen molar-refractivity contribution in [3.8, 4) is 17.9 Å². The lowest BCUT2D eigenvalue weighted by Gasteiger charge is -2.12. The van der Waals surface area contributed by atoms with Gasteiger partial charge in [0.1, 0.15) is 24.5 Å². The summed E-state index contributed by atoms with van der Waals surface area (Å²) in [6.45, 7) is 0.953. The van der Waals surface area contributed by atoms with Crippen LogP contribution < -0.4 is 10.2 Å². The van der Waals surface area contributed by atoms with E-state index in [2.05, 4.69) is 10.5 Å². The molecule has 0 fully saturated rings. The van der Waals surface area contributed by atoms with E-state index in [-0.39, 0.29) is 11.6 Å². The van der Waals surface area contributed by atoms with Crippen molar-refractivity contribution in [2.75, 3.05) is 25.6 Å². The molecule has 0 spiro atoms. The number of nitrogens with zero attached hydrogens (tertiary/aromatic N) is 4. The quantitative estimate of drug-likeness (QED) is 0.636. The number of anilines is 1. The molecule has 100 valence electrons. The number of likely N-dealkylation sites (N-methyl/N-ethyl adjacent to an activating group) is 1. The maximum Gasteiger partial charge on any atom is 0.257 e. The van der Waals surface area contributed by atoms with Gasteiger partial charge < -0.3 is 9.64 Å². The average molecular weight is 269 g/mol. The molecule has 1 aromatic carbocycles. The second-order valence-electron chi connectivity index (χ2n) is 4.08. The summed E-state index contributed by atoms with van der Waals surface area (Å²) in [5.41, 5.74) is 3.19. The van der Waals surface area contributed by atoms with Gasteiger partial charge in [-0.05, 0) is 18.2 Å². The average Bonchev–Trinajstić information content (AvgIpc) is 2.61. The van der Waals surface area contributed by atoms with Crippen LogP contribution in [0.2, 0.25) is 0 Å². The fraction of sp³-hybridized carbons (Fsp3) is 0.231. The molecule has 1 amide bonds. The first-order valence-electron chi connectivity index (χ1n) is 5.82. The Hall–Kier alpha value is -3.06. The smallest absolute Gasteiger partial charge is 0.257 e. The van der Waals surface area contributed by atoms with E-state index in [1.165, 1.54) is 0 Å². The Morgan fingerprint density at radius 2 is 2.20 bits per heavy atom. The normalized spacial score (nSPS) is 13.2. The molecule has 0 bridgehead atoms. The van der Waals surface area contributed by atoms with Crippen LogP contribution in [0.15, 0.2) is 23.3 Å². The summed E-state index contributed by atoms with van der Waals surface area (Å²) in [7, 11) is 1.70. The highest BCUT2D eigenvalue weighted by Gasteiger charge is 2.21. The number of nitriles is 2. The highest BCUT2D eigenvalue weighted by Crippen LogP contribution is 2.26. The third-order valence-electron chi connectivity index (χ3n) is 2.75. The third kappa shape index (κ3) is 2.68. The number of carbonyl (C=O) groups is 1. The van der Waals surface area contributed by atoms with Gasteiger partial charge in [0.15, 0.2) is 0 Å². The predicted molar refractivity (Wildman–Crippen MR) is 71.2 cm³/mol. The maximum absolute atomic E-state index is 12.1. The Morgan fingerprint density at radius 3 is 2.90 bits per heavy atom. The van der Waals surface area contributed by atoms with E-state index in [9.17, 15) is 4.79 Å². The first-order chi connectivity index (χ1) is 9.65. The monoisotopic (exact) mass is 269 g/mol. The molecule has 1 N–H and O–H groups in total. The minimum atomic E-state index is -0.292. The molecule has 7 nitrogen and oxygen atoms in total. The molecule has 0 saturated carbocycles. The van der Waals surface area contributed by atoms with Crippen LogP contribution in [0.3, 0.4) is 0 Å². The van der Waals surface area contributed by atoms with E-state index in [4.69, 9.17) is 15.3 Å². The molecule has 0 saturated heterocycles. The first-order valence-corrected chi connectivity index (χ1v) is 5.82. The van der Waals surface area contributed by atoms with Gasteiger partial charge in [0.25, 0.3) is 5.91 Å². The number of amides is 1. The standard InChI is InChI=1S/C13H11N5O2/c1-18-4-5-20-12-3-2-9(6-11(12)13(18)19)16-17-10(7-14)8-15/h2-3,6,16H,4-5H2,1H3. The van der Waals surface area contributed by atoms with E-state index < -0.39 is 0 Å². The molecule has 2 rings (SSSR count). The molecular weight excluding hydrogens is 258 g/mol. The number of hydrazone groups is 1. The summed E-state index contributed by atoms with van der Waals surface area (Å²) in [5.74, 6) is 0.362. The van der Waals surface area contributed by atoms with E-state index in [1.54, 1.807) is 42.3 Å². The number of carbonyl (C=O) groups excluding carboxylic acids is 1. The van der Waals surface area contributed by atoms with Crippen molar-refractivity contribution in [3.05, 3.63) is 23.8 Å². The highest BCUT2D eigenvalue weighted by molar-refractivity contribution is 6.10. The minimum Gasteiger partial charge on any atom is -0.491 e. The van der Waals surface area contributed by atoms with Crippen molar-refractivity contribution in [2.45, 2.75) is 0 Å². The van der Waals surface area contributed by atoms with Crippen molar-refractivity contribution >= 4 is 17.3 Å². The van der Waals surface area contributed by atoms with Crippen LogP contribution in [0.25, 0.3) is 0 Å². The number of benzene rings is 1. The Kier molecular flexibility index (Phi) is 3.82. The zero-order valence-electron chi connectivity index (χ0n) is 10.8. The Labute approximate surface area is 115 Å². The summed E-state index contributed by atoms with van der Waals surface area (Å²) in [6.07, 6.45) is 0. The van der Waals surface area contributed by atoms with E-state index >= 15 is 0 Å². The molecule has 1 aromatic rings. The van der Waals surface area contributed by atoms with Crippen LogP contribution in [0.1, 0.15) is 10.4 Å². The van der Waals surface area contributed by atoms with Gasteiger partial charge in [0.2, 0.25) is 5.71 Å². The number of ether oxygens (including phenoxy) is 1. The molecule has 0 aromatic heterocycles. The molecular formula is C13H11N5O2. The second kappa shape index (κ2) is 5.72. The van der Waals surface area contributed by atoms with Crippen LogP contribution in [-0.4, -0.2) is 36.7 Å². The molecule has 0 atom stereocenters. The Balaban J connectivity index is 2.30.